The lowest BCUT2D eigenvalue weighted by Gasteiger charge is -2.28. The molecular formula is C46H45N3O9. The number of nitrogens with one attached hydrogen (secondary N) is 1. The number of aliphatic carboxylic acids is 1. The van der Waals surface area contributed by atoms with Crippen LogP contribution in [0.25, 0.3) is 22.3 Å². The van der Waals surface area contributed by atoms with Crippen LogP contribution in [-0.2, 0) is 39.9 Å². The number of fused-ring (bicyclic) bond motifs is 1. The summed E-state index contributed by atoms with van der Waals surface area (Å²) in [6.07, 6.45) is 1.98. The molecule has 3 heterocycles. The minimum atomic E-state index is -1.08. The molecule has 4 aromatic carbocycles. The van der Waals surface area contributed by atoms with E-state index in [4.69, 9.17) is 9.15 Å². The Hall–Kier alpha value is -6.56. The van der Waals surface area contributed by atoms with Crippen LogP contribution in [0.3, 0.4) is 0 Å². The minimum absolute atomic E-state index is 0.101. The van der Waals surface area contributed by atoms with Gasteiger partial charge in [-0.1, -0.05) is 66.7 Å². The fraction of sp³-hybridized carbons (Fsp3) is 0.304. The number of anilines is 1. The van der Waals surface area contributed by atoms with Crippen molar-refractivity contribution in [2.24, 2.45) is 0 Å². The molecule has 12 nitrogen and oxygen atoms in total. The average Bonchev–Trinajstić information content (AvgIpc) is 4.03. The Morgan fingerprint density at radius 2 is 1.33 bits per heavy atom. The standard InChI is InChI=1S/C46H45N3O9/c1-57-43(53)28-36(31-12-6-3-7-13-31)46(56)49-23-9-15-38(49)44(54)47-34-19-17-32(18-20-34)41-26-33-24-29(16-21-40(33)58-41)25-39(50)37-14-8-22-48(37)45(55)35(27-42(51)52)30-10-4-2-5-11-30/h2-7,10-13,16-21,24,26,35-38H,8-9,14-15,22-23,25,27-28H2,1H3,(H,47,54)(H,51,52)/t35-,36-,37+,38+/m1/s1. The fourth-order valence-electron chi connectivity index (χ4n) is 8.17. The van der Waals surface area contributed by atoms with Crippen LogP contribution in [0.15, 0.2) is 114 Å². The predicted molar refractivity (Wildman–Crippen MR) is 216 cm³/mol. The summed E-state index contributed by atoms with van der Waals surface area (Å²) in [6.45, 7) is 0.807. The van der Waals surface area contributed by atoms with Crippen molar-refractivity contribution in [2.75, 3.05) is 25.5 Å². The van der Waals surface area contributed by atoms with E-state index in [0.29, 0.717) is 66.9 Å². The normalized spacial score (nSPS) is 17.5. The molecule has 0 radical (unpaired) electrons. The maximum Gasteiger partial charge on any atom is 0.306 e. The number of nitrogens with zero attached hydrogens (tertiary/aromatic N) is 2. The van der Waals surface area contributed by atoms with Crippen molar-refractivity contribution in [1.29, 1.82) is 0 Å². The number of likely N-dealkylation sites (tertiary alicyclic amines) is 2. The number of carbonyl (C=O) groups excluding carboxylic acids is 5. The second-order valence-corrected chi connectivity index (χ2v) is 14.9. The Labute approximate surface area is 335 Å². The number of hydrogen-bond donors (Lipinski definition) is 2. The molecule has 0 spiro atoms. The zero-order valence-electron chi connectivity index (χ0n) is 32.2. The third-order valence-corrected chi connectivity index (χ3v) is 11.1. The third-order valence-electron chi connectivity index (χ3n) is 11.1. The molecule has 7 rings (SSSR count). The summed E-state index contributed by atoms with van der Waals surface area (Å²) >= 11 is 0. The SMILES string of the molecule is COC(=O)C[C@@H](C(=O)N1CCC[C@H]1C(=O)Nc1ccc(-c2cc3cc(CC(=O)[C@@H]4CCCN4C(=O)[C@H](CC(=O)O)c4ccccc4)ccc3o2)cc1)c1ccccc1. The lowest BCUT2D eigenvalue weighted by atomic mass is 9.93. The number of amides is 3. The predicted octanol–water partition coefficient (Wildman–Crippen LogP) is 6.74. The molecule has 2 fully saturated rings. The Bertz CT molecular complexity index is 2310. The van der Waals surface area contributed by atoms with Gasteiger partial charge < -0.3 is 29.4 Å². The number of furan rings is 1. The van der Waals surface area contributed by atoms with Crippen molar-refractivity contribution in [1.82, 2.24) is 9.80 Å². The van der Waals surface area contributed by atoms with Gasteiger partial charge in [-0.15, -0.1) is 0 Å². The van der Waals surface area contributed by atoms with E-state index < -0.39 is 35.9 Å². The van der Waals surface area contributed by atoms with Gasteiger partial charge in [0.2, 0.25) is 17.7 Å². The number of benzene rings is 4. The highest BCUT2D eigenvalue weighted by Gasteiger charge is 2.40. The molecule has 2 aliphatic rings. The number of carboxylic acids is 1. The van der Waals surface area contributed by atoms with Crippen LogP contribution in [0.1, 0.15) is 67.1 Å². The van der Waals surface area contributed by atoms with Gasteiger partial charge in [0.25, 0.3) is 0 Å². The quantitative estimate of drug-likeness (QED) is 0.116. The number of methoxy groups -OCH3 is 1. The molecule has 2 aliphatic heterocycles. The van der Waals surface area contributed by atoms with Gasteiger partial charge in [0.15, 0.2) is 5.78 Å². The molecule has 0 aliphatic carbocycles. The number of carboxylic acid groups (broad SMARTS) is 1. The van der Waals surface area contributed by atoms with Crippen LogP contribution in [-0.4, -0.2) is 82.6 Å². The number of ketones is 1. The van der Waals surface area contributed by atoms with Crippen LogP contribution >= 0.6 is 0 Å². The minimum Gasteiger partial charge on any atom is -0.481 e. The number of hydrogen-bond acceptors (Lipinski definition) is 8. The highest BCUT2D eigenvalue weighted by Crippen LogP contribution is 2.33. The second kappa shape index (κ2) is 17.7. The molecule has 58 heavy (non-hydrogen) atoms. The van der Waals surface area contributed by atoms with Crippen LogP contribution in [0.4, 0.5) is 5.69 Å². The molecule has 0 bridgehead atoms. The topological polar surface area (TPSA) is 164 Å². The number of Topliss-reactive ketones (excluding diaryl/α,β-unsaturated/α-hetero) is 1. The van der Waals surface area contributed by atoms with Crippen molar-refractivity contribution in [3.63, 3.8) is 0 Å². The van der Waals surface area contributed by atoms with E-state index in [2.05, 4.69) is 5.32 Å². The lowest BCUT2D eigenvalue weighted by Crippen LogP contribution is -2.45. The van der Waals surface area contributed by atoms with Gasteiger partial charge in [0, 0.05) is 36.1 Å². The number of rotatable bonds is 14. The first-order valence-electron chi connectivity index (χ1n) is 19.6. The third kappa shape index (κ3) is 8.86. The van der Waals surface area contributed by atoms with E-state index in [0.717, 1.165) is 16.5 Å². The molecule has 5 aromatic rings. The first-order valence-corrected chi connectivity index (χ1v) is 19.6. The highest BCUT2D eigenvalue weighted by atomic mass is 16.5. The number of carbonyl (C=O) groups is 6. The Balaban J connectivity index is 0.991. The molecule has 1 aromatic heterocycles. The average molecular weight is 784 g/mol. The Morgan fingerprint density at radius 1 is 0.741 bits per heavy atom. The van der Waals surface area contributed by atoms with Crippen molar-refractivity contribution in [3.8, 4) is 11.3 Å². The first kappa shape index (κ1) is 39.7. The lowest BCUT2D eigenvalue weighted by molar-refractivity contribution is -0.145. The first-order chi connectivity index (χ1) is 28.1. The summed E-state index contributed by atoms with van der Waals surface area (Å²) in [5.74, 6) is -3.66. The van der Waals surface area contributed by atoms with Crippen molar-refractivity contribution < 1.29 is 43.0 Å². The molecule has 12 heteroatoms. The zero-order valence-corrected chi connectivity index (χ0v) is 32.2. The van der Waals surface area contributed by atoms with Gasteiger partial charge in [-0.2, -0.15) is 0 Å². The molecule has 2 N–H and O–H groups in total. The Kier molecular flexibility index (Phi) is 12.1. The zero-order chi connectivity index (χ0) is 40.8. The maximum atomic E-state index is 13.8. The fourth-order valence-corrected chi connectivity index (χ4v) is 8.17. The van der Waals surface area contributed by atoms with Gasteiger partial charge in [-0.3, -0.25) is 28.8 Å². The maximum absolute atomic E-state index is 13.8. The number of esters is 1. The van der Waals surface area contributed by atoms with Gasteiger partial charge >= 0.3 is 11.9 Å². The van der Waals surface area contributed by atoms with E-state index in [1.807, 2.05) is 60.7 Å². The number of ether oxygens (including phenoxy) is 1. The van der Waals surface area contributed by atoms with E-state index >= 15 is 0 Å². The van der Waals surface area contributed by atoms with Gasteiger partial charge in [0.05, 0.1) is 37.8 Å². The van der Waals surface area contributed by atoms with Gasteiger partial charge in [-0.25, -0.2) is 0 Å². The van der Waals surface area contributed by atoms with Gasteiger partial charge in [0.1, 0.15) is 17.4 Å². The van der Waals surface area contributed by atoms with Crippen LogP contribution < -0.4 is 5.32 Å². The molecular weight excluding hydrogens is 739 g/mol. The molecule has 2 saturated heterocycles. The highest BCUT2D eigenvalue weighted by molar-refractivity contribution is 5.99. The Morgan fingerprint density at radius 3 is 1.93 bits per heavy atom. The van der Waals surface area contributed by atoms with Crippen molar-refractivity contribution in [3.05, 3.63) is 126 Å². The summed E-state index contributed by atoms with van der Waals surface area (Å²) in [5.41, 5.74) is 4.03. The summed E-state index contributed by atoms with van der Waals surface area (Å²) in [5, 5.41) is 13.3. The largest absolute Gasteiger partial charge is 0.481 e. The summed E-state index contributed by atoms with van der Waals surface area (Å²) < 4.78 is 11.0. The smallest absolute Gasteiger partial charge is 0.306 e. The molecule has 0 saturated carbocycles. The summed E-state index contributed by atoms with van der Waals surface area (Å²) in [4.78, 5) is 81.7. The molecule has 3 amide bonds. The summed E-state index contributed by atoms with van der Waals surface area (Å²) in [6, 6.07) is 31.2. The van der Waals surface area contributed by atoms with Crippen LogP contribution in [0, 0.1) is 0 Å². The van der Waals surface area contributed by atoms with Crippen molar-refractivity contribution >= 4 is 52.1 Å². The summed E-state index contributed by atoms with van der Waals surface area (Å²) in [7, 11) is 1.29. The molecule has 0 unspecified atom stereocenters. The molecule has 4 atom stereocenters. The van der Waals surface area contributed by atoms with E-state index in [9.17, 15) is 33.9 Å². The van der Waals surface area contributed by atoms with Crippen molar-refractivity contribution in [2.45, 2.75) is 68.9 Å². The molecule has 298 valence electrons. The van der Waals surface area contributed by atoms with E-state index in [1.54, 1.807) is 58.3 Å². The van der Waals surface area contributed by atoms with E-state index in [1.165, 1.54) is 7.11 Å². The van der Waals surface area contributed by atoms with Crippen LogP contribution in [0.5, 0.6) is 0 Å². The van der Waals surface area contributed by atoms with E-state index in [-0.39, 0.29) is 42.8 Å². The monoisotopic (exact) mass is 783 g/mol. The second-order valence-electron chi connectivity index (χ2n) is 14.9. The van der Waals surface area contributed by atoms with Gasteiger partial charge in [-0.05, 0) is 84.8 Å². The van der Waals surface area contributed by atoms with Crippen LogP contribution in [0.2, 0.25) is 0 Å².